The van der Waals surface area contributed by atoms with E-state index >= 15 is 0 Å². The molecule has 3 aliphatic rings. The van der Waals surface area contributed by atoms with Gasteiger partial charge in [0, 0.05) is 70.1 Å². The number of halogens is 1. The van der Waals surface area contributed by atoms with Crippen molar-refractivity contribution in [1.29, 1.82) is 5.41 Å². The predicted octanol–water partition coefficient (Wildman–Crippen LogP) is 3.38. The first-order chi connectivity index (χ1) is 15.1. The largest absolute Gasteiger partial charge is 0.392 e. The molecule has 3 aliphatic heterocycles. The highest BCUT2D eigenvalue weighted by Crippen LogP contribution is 2.33. The number of allylic oxidation sites excluding steroid dienone is 2. The summed E-state index contributed by atoms with van der Waals surface area (Å²) in [5.41, 5.74) is 1.40. The van der Waals surface area contributed by atoms with E-state index in [1.807, 2.05) is 6.08 Å². The number of amidine groups is 1. The molecule has 0 saturated carbocycles. The van der Waals surface area contributed by atoms with Gasteiger partial charge in [0.25, 0.3) is 5.91 Å². The van der Waals surface area contributed by atoms with Crippen LogP contribution in [-0.2, 0) is 6.42 Å². The number of carbonyl (C=O) groups is 1. The number of aliphatic imine (C=N–C) groups is 1. The van der Waals surface area contributed by atoms with E-state index in [1.165, 1.54) is 17.6 Å². The predicted molar refractivity (Wildman–Crippen MR) is 125 cm³/mol. The Morgan fingerprint density at radius 1 is 1.42 bits per heavy atom. The van der Waals surface area contributed by atoms with Crippen LogP contribution in [0.2, 0.25) is 0 Å². The van der Waals surface area contributed by atoms with Crippen LogP contribution in [0, 0.1) is 5.41 Å². The molecule has 1 saturated heterocycles. The quantitative estimate of drug-likeness (QED) is 0.656. The number of fused-ring (bicyclic) bond motifs is 1. The second kappa shape index (κ2) is 9.95. The number of likely N-dealkylation sites (tertiary alicyclic amines) is 1. The summed E-state index contributed by atoms with van der Waals surface area (Å²) >= 11 is 1.91. The Morgan fingerprint density at radius 2 is 2.29 bits per heavy atom. The van der Waals surface area contributed by atoms with Gasteiger partial charge in [0.15, 0.2) is 0 Å². The number of amides is 1. The summed E-state index contributed by atoms with van der Waals surface area (Å²) < 4.78 is 13.0. The number of carbonyl (C=O) groups excluding carboxylic acids is 1. The average molecular weight is 463 g/mol. The molecule has 0 spiro atoms. The van der Waals surface area contributed by atoms with E-state index in [0.29, 0.717) is 48.8 Å². The lowest BCUT2D eigenvalue weighted by molar-refractivity contribution is 0.0804. The SMILES string of the molecule is CN/C=C(\C=N)N1CCc2nc(C3C=CC(N4CCCC(SF)C4)=NCC3)sc2C1=O. The van der Waals surface area contributed by atoms with Gasteiger partial charge in [-0.15, -0.1) is 11.3 Å². The van der Waals surface area contributed by atoms with Gasteiger partial charge in [0.05, 0.1) is 16.6 Å². The average Bonchev–Trinajstić information content (AvgIpc) is 3.08. The third kappa shape index (κ3) is 4.69. The Kier molecular flexibility index (Phi) is 7.06. The van der Waals surface area contributed by atoms with Gasteiger partial charge in [0.1, 0.15) is 15.7 Å². The fourth-order valence-electron chi connectivity index (χ4n) is 4.20. The second-order valence-electron chi connectivity index (χ2n) is 7.83. The molecule has 166 valence electrons. The minimum atomic E-state index is -0.0902. The molecular formula is C21H27FN6OS2. The minimum Gasteiger partial charge on any atom is -0.392 e. The maximum atomic E-state index is 13.0. The molecule has 0 aromatic carbocycles. The van der Waals surface area contributed by atoms with Crippen molar-refractivity contribution in [3.05, 3.63) is 39.6 Å². The van der Waals surface area contributed by atoms with E-state index in [9.17, 15) is 8.68 Å². The van der Waals surface area contributed by atoms with E-state index in [-0.39, 0.29) is 17.1 Å². The molecule has 31 heavy (non-hydrogen) atoms. The van der Waals surface area contributed by atoms with Crippen LogP contribution in [-0.4, -0.2) is 71.2 Å². The summed E-state index contributed by atoms with van der Waals surface area (Å²) in [6, 6.07) is 0. The van der Waals surface area contributed by atoms with Gasteiger partial charge in [-0.3, -0.25) is 9.79 Å². The number of thiazole rings is 1. The van der Waals surface area contributed by atoms with Crippen molar-refractivity contribution in [2.45, 2.75) is 36.9 Å². The molecule has 4 rings (SSSR count). The highest BCUT2D eigenvalue weighted by atomic mass is 32.2. The molecule has 10 heteroatoms. The molecule has 7 nitrogen and oxygen atoms in total. The molecule has 0 bridgehead atoms. The van der Waals surface area contributed by atoms with Gasteiger partial charge in [-0.05, 0) is 25.3 Å². The van der Waals surface area contributed by atoms with Crippen molar-refractivity contribution < 1.29 is 8.68 Å². The Hall–Kier alpha value is -2.20. The van der Waals surface area contributed by atoms with E-state index in [2.05, 4.69) is 16.3 Å². The van der Waals surface area contributed by atoms with E-state index in [4.69, 9.17) is 15.4 Å². The van der Waals surface area contributed by atoms with Crippen LogP contribution in [0.3, 0.4) is 0 Å². The van der Waals surface area contributed by atoms with Crippen LogP contribution in [0.15, 0.2) is 29.0 Å². The number of aromatic nitrogens is 1. The van der Waals surface area contributed by atoms with Crippen LogP contribution in [0.1, 0.15) is 45.6 Å². The molecule has 2 N–H and O–H groups in total. The highest BCUT2D eigenvalue weighted by molar-refractivity contribution is 7.94. The molecular weight excluding hydrogens is 435 g/mol. The van der Waals surface area contributed by atoms with Crippen LogP contribution < -0.4 is 5.32 Å². The van der Waals surface area contributed by atoms with Gasteiger partial charge >= 0.3 is 0 Å². The molecule has 1 aromatic heterocycles. The van der Waals surface area contributed by atoms with E-state index < -0.39 is 0 Å². The van der Waals surface area contributed by atoms with E-state index in [0.717, 1.165) is 42.3 Å². The Balaban J connectivity index is 1.49. The fraction of sp³-hybridized carbons (Fsp3) is 0.524. The number of nitrogens with zero attached hydrogens (tertiary/aromatic N) is 4. The zero-order valence-corrected chi connectivity index (χ0v) is 19.1. The van der Waals surface area contributed by atoms with Crippen molar-refractivity contribution in [3.63, 3.8) is 0 Å². The lowest BCUT2D eigenvalue weighted by Crippen LogP contribution is -2.40. The minimum absolute atomic E-state index is 0.0198. The topological polar surface area (TPSA) is 84.7 Å². The Morgan fingerprint density at radius 3 is 3.06 bits per heavy atom. The number of nitrogens with one attached hydrogen (secondary N) is 2. The Bertz CT molecular complexity index is 927. The standard InChI is InChI=1S/C21H27FN6OS2/c1-24-12-15(11-23)28-10-7-17-19(21(28)29)30-20(26-17)14-4-5-18(25-8-6-14)27-9-2-3-16(13-27)31-22/h4-5,11-12,14,16,23-24H,2-3,6-10,13H2,1H3/b15-12+,23-11?. The molecule has 1 aromatic rings. The normalized spacial score (nSPS) is 24.5. The summed E-state index contributed by atoms with van der Waals surface area (Å²) in [5.74, 6) is 0.953. The molecule has 1 fully saturated rings. The van der Waals surface area contributed by atoms with Gasteiger partial charge in [-0.2, -0.15) is 3.89 Å². The van der Waals surface area contributed by atoms with E-state index in [1.54, 1.807) is 18.1 Å². The van der Waals surface area contributed by atoms with Gasteiger partial charge < -0.3 is 20.5 Å². The number of rotatable bonds is 5. The number of hydrogen-bond acceptors (Lipinski definition) is 8. The molecule has 2 unspecified atom stereocenters. The van der Waals surface area contributed by atoms with Gasteiger partial charge in [-0.1, -0.05) is 6.08 Å². The van der Waals surface area contributed by atoms with Crippen molar-refractivity contribution >= 4 is 41.4 Å². The van der Waals surface area contributed by atoms with Crippen molar-refractivity contribution in [2.24, 2.45) is 4.99 Å². The summed E-state index contributed by atoms with van der Waals surface area (Å²) in [5, 5.41) is 11.5. The Labute approximate surface area is 190 Å². The summed E-state index contributed by atoms with van der Waals surface area (Å²) in [4.78, 5) is 27.0. The molecule has 0 radical (unpaired) electrons. The van der Waals surface area contributed by atoms with Gasteiger partial charge in [0.2, 0.25) is 0 Å². The fourth-order valence-corrected chi connectivity index (χ4v) is 5.87. The monoisotopic (exact) mass is 462 g/mol. The molecule has 0 aliphatic carbocycles. The summed E-state index contributed by atoms with van der Waals surface area (Å²) in [6.07, 6.45) is 10.4. The third-order valence-electron chi connectivity index (χ3n) is 5.81. The second-order valence-corrected chi connectivity index (χ2v) is 9.71. The first-order valence-electron chi connectivity index (χ1n) is 10.6. The summed E-state index contributed by atoms with van der Waals surface area (Å²) in [6.45, 7) is 2.81. The smallest absolute Gasteiger partial charge is 0.270 e. The zero-order chi connectivity index (χ0) is 21.8. The van der Waals surface area contributed by atoms with Crippen molar-refractivity contribution in [3.8, 4) is 0 Å². The van der Waals surface area contributed by atoms with Gasteiger partial charge in [-0.25, -0.2) is 4.98 Å². The zero-order valence-electron chi connectivity index (χ0n) is 17.5. The highest BCUT2D eigenvalue weighted by Gasteiger charge is 2.31. The number of hydrogen-bond donors (Lipinski definition) is 2. The first kappa shape index (κ1) is 22.0. The maximum absolute atomic E-state index is 13.0. The molecule has 1 amide bonds. The summed E-state index contributed by atoms with van der Waals surface area (Å²) in [7, 11) is 1.75. The van der Waals surface area contributed by atoms with Crippen molar-refractivity contribution in [2.75, 3.05) is 33.2 Å². The molecule has 4 heterocycles. The lowest BCUT2D eigenvalue weighted by Gasteiger charge is -2.32. The lowest BCUT2D eigenvalue weighted by atomic mass is 10.1. The van der Waals surface area contributed by atoms with Crippen LogP contribution >= 0.6 is 23.5 Å². The number of piperidine rings is 1. The van der Waals surface area contributed by atoms with Crippen molar-refractivity contribution in [1.82, 2.24) is 20.1 Å². The molecule has 2 atom stereocenters. The van der Waals surface area contributed by atoms with Crippen LogP contribution in [0.5, 0.6) is 0 Å². The maximum Gasteiger partial charge on any atom is 0.270 e. The first-order valence-corrected chi connectivity index (χ1v) is 12.2. The van der Waals surface area contributed by atoms with Crippen LogP contribution in [0.4, 0.5) is 3.89 Å². The third-order valence-corrected chi connectivity index (χ3v) is 7.67. The van der Waals surface area contributed by atoms with Crippen LogP contribution in [0.25, 0.3) is 0 Å².